The molecule has 2 atom stereocenters. The van der Waals surface area contributed by atoms with E-state index in [1.54, 1.807) is 6.07 Å². The molecule has 1 N–H and O–H groups in total. The van der Waals surface area contributed by atoms with Crippen molar-refractivity contribution in [3.63, 3.8) is 0 Å². The standard InChI is InChI=1S/C27H33Cl2N5O/c1-19(22-7-5-20(28)13-23(22)29)34-18-30-24-8-6-21(14-25(24)34)32-11-12-33(26(2,3)15-32)16-27(17-35)9-4-10-31-27/h5-8,13-14,17-19,31H,4,9-12,15-16H2,1-3H3. The van der Waals surface area contributed by atoms with E-state index in [9.17, 15) is 4.79 Å². The Morgan fingerprint density at radius 2 is 2.00 bits per heavy atom. The van der Waals surface area contributed by atoms with E-state index in [2.05, 4.69) is 63.6 Å². The first-order valence-electron chi connectivity index (χ1n) is 12.3. The number of fused-ring (bicyclic) bond motifs is 1. The second kappa shape index (κ2) is 9.40. The van der Waals surface area contributed by atoms with Gasteiger partial charge in [-0.15, -0.1) is 0 Å². The van der Waals surface area contributed by atoms with Crippen LogP contribution in [-0.2, 0) is 4.79 Å². The summed E-state index contributed by atoms with van der Waals surface area (Å²) in [7, 11) is 0. The molecule has 6 nitrogen and oxygen atoms in total. The molecule has 8 heteroatoms. The normalized spacial score (nSPS) is 23.6. The lowest BCUT2D eigenvalue weighted by Crippen LogP contribution is -2.64. The van der Waals surface area contributed by atoms with Gasteiger partial charge in [-0.25, -0.2) is 4.98 Å². The molecular formula is C27H33Cl2N5O. The van der Waals surface area contributed by atoms with Gasteiger partial charge in [-0.2, -0.15) is 0 Å². The summed E-state index contributed by atoms with van der Waals surface area (Å²) in [4.78, 5) is 21.5. The molecule has 2 aliphatic heterocycles. The van der Waals surface area contributed by atoms with E-state index in [0.717, 1.165) is 68.4 Å². The summed E-state index contributed by atoms with van der Waals surface area (Å²) in [6.45, 7) is 11.1. The molecule has 0 saturated carbocycles. The number of aldehydes is 1. The summed E-state index contributed by atoms with van der Waals surface area (Å²) in [6.07, 6.45) is 5.00. The van der Waals surface area contributed by atoms with E-state index < -0.39 is 5.54 Å². The number of hydrogen-bond acceptors (Lipinski definition) is 5. The summed E-state index contributed by atoms with van der Waals surface area (Å²) in [5, 5.41) is 4.74. The van der Waals surface area contributed by atoms with Crippen molar-refractivity contribution >= 4 is 46.2 Å². The number of piperazine rings is 1. The topological polar surface area (TPSA) is 53.4 Å². The van der Waals surface area contributed by atoms with Crippen LogP contribution in [0.25, 0.3) is 11.0 Å². The smallest absolute Gasteiger partial charge is 0.141 e. The van der Waals surface area contributed by atoms with Crippen LogP contribution in [0.5, 0.6) is 0 Å². The molecule has 2 aromatic carbocycles. The third-order valence-corrected chi connectivity index (χ3v) is 8.36. The maximum atomic E-state index is 11.9. The third-order valence-electron chi connectivity index (χ3n) is 7.80. The Labute approximate surface area is 217 Å². The first-order valence-corrected chi connectivity index (χ1v) is 13.1. The highest BCUT2D eigenvalue weighted by molar-refractivity contribution is 6.35. The number of halogens is 2. The summed E-state index contributed by atoms with van der Waals surface area (Å²) in [5.74, 6) is 0. The zero-order chi connectivity index (χ0) is 24.8. The van der Waals surface area contributed by atoms with Gasteiger partial charge in [0.15, 0.2) is 0 Å². The first kappa shape index (κ1) is 24.6. The Bertz CT molecular complexity index is 1230. The average Bonchev–Trinajstić information content (AvgIpc) is 3.47. The van der Waals surface area contributed by atoms with Crippen molar-refractivity contribution in [3.8, 4) is 0 Å². The molecule has 3 heterocycles. The summed E-state index contributed by atoms with van der Waals surface area (Å²) < 4.78 is 2.18. The van der Waals surface area contributed by atoms with Gasteiger partial charge in [0.05, 0.1) is 28.9 Å². The lowest BCUT2D eigenvalue weighted by atomic mass is 9.92. The Balaban J connectivity index is 1.38. The molecule has 1 aromatic heterocycles. The second-order valence-corrected chi connectivity index (χ2v) is 11.5. The Morgan fingerprint density at radius 3 is 2.69 bits per heavy atom. The third kappa shape index (κ3) is 4.69. The van der Waals surface area contributed by atoms with Crippen molar-refractivity contribution in [1.82, 2.24) is 19.8 Å². The zero-order valence-corrected chi connectivity index (χ0v) is 22.1. The average molecular weight is 515 g/mol. The van der Waals surface area contributed by atoms with Crippen LogP contribution in [-0.4, -0.2) is 64.5 Å². The highest BCUT2D eigenvalue weighted by Crippen LogP contribution is 2.33. The fourth-order valence-corrected chi connectivity index (χ4v) is 6.22. The first-order chi connectivity index (χ1) is 16.7. The van der Waals surface area contributed by atoms with Gasteiger partial charge in [0.1, 0.15) is 6.29 Å². The highest BCUT2D eigenvalue weighted by Gasteiger charge is 2.41. The van der Waals surface area contributed by atoms with E-state index in [1.165, 1.54) is 5.69 Å². The monoisotopic (exact) mass is 513 g/mol. The van der Waals surface area contributed by atoms with Crippen molar-refractivity contribution < 1.29 is 4.79 Å². The number of imidazole rings is 1. The van der Waals surface area contributed by atoms with Gasteiger partial charge in [0.25, 0.3) is 0 Å². The predicted molar refractivity (Wildman–Crippen MR) is 144 cm³/mol. The molecule has 2 unspecified atom stereocenters. The molecule has 0 radical (unpaired) electrons. The lowest BCUT2D eigenvalue weighted by Gasteiger charge is -2.50. The molecule has 35 heavy (non-hydrogen) atoms. The van der Waals surface area contributed by atoms with Crippen molar-refractivity contribution in [3.05, 3.63) is 58.3 Å². The Hall–Kier alpha value is -2.12. The molecule has 5 rings (SSSR count). The van der Waals surface area contributed by atoms with Gasteiger partial charge >= 0.3 is 0 Å². The summed E-state index contributed by atoms with van der Waals surface area (Å²) in [6, 6.07) is 12.2. The van der Waals surface area contributed by atoms with Crippen LogP contribution in [0, 0.1) is 0 Å². The van der Waals surface area contributed by atoms with Crippen LogP contribution in [0.3, 0.4) is 0 Å². The Morgan fingerprint density at radius 1 is 1.17 bits per heavy atom. The quantitative estimate of drug-likeness (QED) is 0.460. The van der Waals surface area contributed by atoms with Crippen LogP contribution in [0.1, 0.15) is 45.2 Å². The van der Waals surface area contributed by atoms with Crippen LogP contribution in [0.4, 0.5) is 5.69 Å². The summed E-state index contributed by atoms with van der Waals surface area (Å²) >= 11 is 12.6. The maximum absolute atomic E-state index is 11.9. The fraction of sp³-hybridized carbons (Fsp3) is 0.481. The van der Waals surface area contributed by atoms with Crippen molar-refractivity contribution in [2.45, 2.75) is 50.7 Å². The molecule has 2 aliphatic rings. The molecule has 2 saturated heterocycles. The van der Waals surface area contributed by atoms with Crippen LogP contribution >= 0.6 is 23.2 Å². The molecule has 0 bridgehead atoms. The SMILES string of the molecule is CC(c1ccc(Cl)cc1Cl)n1cnc2ccc(N3CCN(CC4(C=O)CCCN4)C(C)(C)C3)cc21. The number of benzene rings is 2. The second-order valence-electron chi connectivity index (χ2n) is 10.6. The molecule has 0 spiro atoms. The highest BCUT2D eigenvalue weighted by atomic mass is 35.5. The van der Waals surface area contributed by atoms with Crippen molar-refractivity contribution in [1.29, 1.82) is 0 Å². The number of rotatable bonds is 6. The Kier molecular flexibility index (Phi) is 6.60. The number of hydrogen-bond donors (Lipinski definition) is 1. The van der Waals surface area contributed by atoms with Crippen LogP contribution in [0.2, 0.25) is 10.0 Å². The maximum Gasteiger partial charge on any atom is 0.141 e. The minimum absolute atomic E-state index is 0.0201. The van der Waals surface area contributed by atoms with E-state index in [0.29, 0.717) is 10.0 Å². The molecular weight excluding hydrogens is 481 g/mol. The number of nitrogens with one attached hydrogen (secondary N) is 1. The van der Waals surface area contributed by atoms with E-state index in [1.807, 2.05) is 18.5 Å². The molecule has 2 fully saturated rings. The van der Waals surface area contributed by atoms with Gasteiger partial charge in [-0.3, -0.25) is 4.90 Å². The van der Waals surface area contributed by atoms with E-state index >= 15 is 0 Å². The van der Waals surface area contributed by atoms with E-state index in [-0.39, 0.29) is 11.6 Å². The fourth-order valence-electron chi connectivity index (χ4n) is 5.66. The zero-order valence-electron chi connectivity index (χ0n) is 20.6. The number of nitrogens with zero attached hydrogens (tertiary/aromatic N) is 4. The molecule has 0 aliphatic carbocycles. The number of anilines is 1. The van der Waals surface area contributed by atoms with Crippen molar-refractivity contribution in [2.75, 3.05) is 37.6 Å². The van der Waals surface area contributed by atoms with Crippen molar-refractivity contribution in [2.24, 2.45) is 0 Å². The number of aromatic nitrogens is 2. The molecule has 0 amide bonds. The van der Waals surface area contributed by atoms with Crippen LogP contribution in [0.15, 0.2) is 42.7 Å². The van der Waals surface area contributed by atoms with Gasteiger partial charge in [0.2, 0.25) is 0 Å². The predicted octanol–water partition coefficient (Wildman–Crippen LogP) is 5.17. The lowest BCUT2D eigenvalue weighted by molar-refractivity contribution is -0.114. The van der Waals surface area contributed by atoms with Gasteiger partial charge in [-0.05, 0) is 76.1 Å². The summed E-state index contributed by atoms with van der Waals surface area (Å²) in [5.41, 5.74) is 3.78. The minimum Gasteiger partial charge on any atom is -0.368 e. The van der Waals surface area contributed by atoms with Gasteiger partial charge < -0.3 is 19.6 Å². The van der Waals surface area contributed by atoms with Gasteiger partial charge in [0, 0.05) is 47.5 Å². The largest absolute Gasteiger partial charge is 0.368 e. The molecule has 3 aromatic rings. The number of carbonyl (C=O) groups is 1. The minimum atomic E-state index is -0.399. The van der Waals surface area contributed by atoms with Gasteiger partial charge in [-0.1, -0.05) is 29.3 Å². The van der Waals surface area contributed by atoms with Crippen LogP contribution < -0.4 is 10.2 Å². The molecule has 186 valence electrons. The number of carbonyl (C=O) groups excluding carboxylic acids is 1. The van der Waals surface area contributed by atoms with E-state index in [4.69, 9.17) is 23.2 Å².